The molecule has 1 aromatic heterocycles. The van der Waals surface area contributed by atoms with Gasteiger partial charge in [0.25, 0.3) is 0 Å². The molecule has 1 unspecified atom stereocenters. The Balaban J connectivity index is 2.58. The molecule has 1 rings (SSSR count). The molecule has 0 fully saturated rings. The first-order valence-corrected chi connectivity index (χ1v) is 4.68. The van der Waals surface area contributed by atoms with Crippen molar-refractivity contribution in [2.24, 2.45) is 5.73 Å². The summed E-state index contributed by atoms with van der Waals surface area (Å²) in [6.07, 6.45) is 1.66. The standard InChI is InChI=1S/C8H13N3S/c1-6(4-9)12-8-3-2-7(10)5-11-8/h2-3,5-6H,4,9-10H2,1H3. The van der Waals surface area contributed by atoms with E-state index in [1.54, 1.807) is 18.0 Å². The zero-order valence-electron chi connectivity index (χ0n) is 7.03. The Hall–Kier alpha value is -0.740. The molecule has 0 saturated heterocycles. The number of pyridine rings is 1. The van der Waals surface area contributed by atoms with E-state index in [9.17, 15) is 0 Å². The molecule has 4 N–H and O–H groups in total. The van der Waals surface area contributed by atoms with Gasteiger partial charge in [-0.2, -0.15) is 0 Å². The molecule has 0 spiro atoms. The van der Waals surface area contributed by atoms with Crippen LogP contribution in [-0.4, -0.2) is 16.8 Å². The quantitative estimate of drug-likeness (QED) is 0.689. The van der Waals surface area contributed by atoms with Gasteiger partial charge in [0.05, 0.1) is 16.9 Å². The summed E-state index contributed by atoms with van der Waals surface area (Å²) in [5.74, 6) is 0. The number of thioether (sulfide) groups is 1. The van der Waals surface area contributed by atoms with E-state index in [2.05, 4.69) is 11.9 Å². The lowest BCUT2D eigenvalue weighted by molar-refractivity contribution is 0.945. The molecule has 1 heterocycles. The summed E-state index contributed by atoms with van der Waals surface area (Å²) in [6, 6.07) is 3.75. The molecular formula is C8H13N3S. The zero-order chi connectivity index (χ0) is 8.97. The molecule has 0 bridgehead atoms. The highest BCUT2D eigenvalue weighted by Crippen LogP contribution is 2.20. The van der Waals surface area contributed by atoms with Crippen molar-refractivity contribution in [1.82, 2.24) is 4.98 Å². The van der Waals surface area contributed by atoms with Crippen LogP contribution in [0.1, 0.15) is 6.92 Å². The smallest absolute Gasteiger partial charge is 0.0964 e. The Morgan fingerprint density at radius 2 is 2.33 bits per heavy atom. The van der Waals surface area contributed by atoms with E-state index in [0.29, 0.717) is 17.5 Å². The Morgan fingerprint density at radius 3 is 2.83 bits per heavy atom. The van der Waals surface area contributed by atoms with E-state index in [4.69, 9.17) is 11.5 Å². The van der Waals surface area contributed by atoms with Crippen LogP contribution in [0.2, 0.25) is 0 Å². The van der Waals surface area contributed by atoms with Crippen LogP contribution in [0.5, 0.6) is 0 Å². The highest BCUT2D eigenvalue weighted by molar-refractivity contribution is 7.99. The van der Waals surface area contributed by atoms with Crippen LogP contribution in [0, 0.1) is 0 Å². The fraction of sp³-hybridized carbons (Fsp3) is 0.375. The third-order valence-corrected chi connectivity index (χ3v) is 2.49. The van der Waals surface area contributed by atoms with Gasteiger partial charge in [0.2, 0.25) is 0 Å². The molecule has 4 heteroatoms. The summed E-state index contributed by atoms with van der Waals surface area (Å²) in [4.78, 5) is 4.15. The van der Waals surface area contributed by atoms with Crippen molar-refractivity contribution in [1.29, 1.82) is 0 Å². The highest BCUT2D eigenvalue weighted by Gasteiger charge is 2.01. The molecule has 1 aromatic rings. The van der Waals surface area contributed by atoms with Crippen LogP contribution in [0.4, 0.5) is 5.69 Å². The van der Waals surface area contributed by atoms with Crippen molar-refractivity contribution in [3.8, 4) is 0 Å². The lowest BCUT2D eigenvalue weighted by Gasteiger charge is -2.06. The van der Waals surface area contributed by atoms with E-state index in [-0.39, 0.29) is 0 Å². The van der Waals surface area contributed by atoms with E-state index >= 15 is 0 Å². The molecule has 12 heavy (non-hydrogen) atoms. The van der Waals surface area contributed by atoms with Gasteiger partial charge in [0.15, 0.2) is 0 Å². The van der Waals surface area contributed by atoms with Gasteiger partial charge >= 0.3 is 0 Å². The van der Waals surface area contributed by atoms with Crippen molar-refractivity contribution >= 4 is 17.4 Å². The largest absolute Gasteiger partial charge is 0.397 e. The van der Waals surface area contributed by atoms with Gasteiger partial charge in [-0.25, -0.2) is 4.98 Å². The lowest BCUT2D eigenvalue weighted by Crippen LogP contribution is -2.12. The number of nitrogens with two attached hydrogens (primary N) is 2. The first kappa shape index (κ1) is 9.35. The second kappa shape index (κ2) is 4.33. The summed E-state index contributed by atoms with van der Waals surface area (Å²) in [7, 11) is 0. The lowest BCUT2D eigenvalue weighted by atomic mass is 10.4. The van der Waals surface area contributed by atoms with Gasteiger partial charge in [0, 0.05) is 11.8 Å². The van der Waals surface area contributed by atoms with Crippen LogP contribution in [-0.2, 0) is 0 Å². The van der Waals surface area contributed by atoms with Crippen LogP contribution in [0.25, 0.3) is 0 Å². The Bertz CT molecular complexity index is 235. The number of rotatable bonds is 3. The van der Waals surface area contributed by atoms with E-state index in [1.807, 2.05) is 12.1 Å². The normalized spacial score (nSPS) is 12.8. The maximum absolute atomic E-state index is 5.49. The number of anilines is 1. The molecule has 0 aliphatic heterocycles. The Labute approximate surface area is 76.5 Å². The van der Waals surface area contributed by atoms with Crippen LogP contribution in [0.15, 0.2) is 23.4 Å². The van der Waals surface area contributed by atoms with Crippen molar-refractivity contribution in [2.45, 2.75) is 17.2 Å². The third-order valence-electron chi connectivity index (χ3n) is 1.41. The van der Waals surface area contributed by atoms with Crippen LogP contribution >= 0.6 is 11.8 Å². The minimum Gasteiger partial charge on any atom is -0.397 e. The summed E-state index contributed by atoms with van der Waals surface area (Å²) >= 11 is 1.66. The number of nitrogen functional groups attached to an aromatic ring is 1. The van der Waals surface area contributed by atoms with Crippen molar-refractivity contribution in [2.75, 3.05) is 12.3 Å². The molecule has 1 atom stereocenters. The van der Waals surface area contributed by atoms with Crippen molar-refractivity contribution in [3.05, 3.63) is 18.3 Å². The Kier molecular flexibility index (Phi) is 3.37. The van der Waals surface area contributed by atoms with Crippen molar-refractivity contribution in [3.63, 3.8) is 0 Å². The first-order valence-electron chi connectivity index (χ1n) is 3.80. The average molecular weight is 183 g/mol. The molecule has 0 aromatic carbocycles. The number of aromatic nitrogens is 1. The molecule has 0 saturated carbocycles. The maximum atomic E-state index is 5.49. The van der Waals surface area contributed by atoms with Crippen LogP contribution in [0.3, 0.4) is 0 Å². The summed E-state index contributed by atoms with van der Waals surface area (Å²) in [5, 5.41) is 1.38. The average Bonchev–Trinajstić information content (AvgIpc) is 2.09. The number of hydrogen-bond acceptors (Lipinski definition) is 4. The van der Waals surface area contributed by atoms with Gasteiger partial charge in [-0.15, -0.1) is 11.8 Å². The monoisotopic (exact) mass is 183 g/mol. The number of hydrogen-bond donors (Lipinski definition) is 2. The van der Waals surface area contributed by atoms with Crippen LogP contribution < -0.4 is 11.5 Å². The predicted molar refractivity (Wildman–Crippen MR) is 53.0 cm³/mol. The summed E-state index contributed by atoms with van der Waals surface area (Å²) in [5.41, 5.74) is 11.7. The second-order valence-corrected chi connectivity index (χ2v) is 4.05. The minimum absolute atomic E-state index is 0.404. The summed E-state index contributed by atoms with van der Waals surface area (Å²) < 4.78 is 0. The fourth-order valence-corrected chi connectivity index (χ4v) is 1.48. The molecule has 66 valence electrons. The molecule has 0 radical (unpaired) electrons. The molecule has 3 nitrogen and oxygen atoms in total. The van der Waals surface area contributed by atoms with Gasteiger partial charge in [-0.3, -0.25) is 0 Å². The molecule has 0 amide bonds. The minimum atomic E-state index is 0.404. The molecule has 0 aliphatic carbocycles. The first-order chi connectivity index (χ1) is 5.72. The van der Waals surface area contributed by atoms with Gasteiger partial charge in [-0.05, 0) is 12.1 Å². The van der Waals surface area contributed by atoms with Gasteiger partial charge < -0.3 is 11.5 Å². The van der Waals surface area contributed by atoms with E-state index in [1.165, 1.54) is 0 Å². The maximum Gasteiger partial charge on any atom is 0.0964 e. The van der Waals surface area contributed by atoms with E-state index < -0.39 is 0 Å². The number of nitrogens with zero attached hydrogens (tertiary/aromatic N) is 1. The van der Waals surface area contributed by atoms with Crippen molar-refractivity contribution < 1.29 is 0 Å². The molecule has 0 aliphatic rings. The summed E-state index contributed by atoms with van der Waals surface area (Å²) in [6.45, 7) is 2.74. The molecular weight excluding hydrogens is 170 g/mol. The highest BCUT2D eigenvalue weighted by atomic mass is 32.2. The second-order valence-electron chi connectivity index (χ2n) is 2.59. The topological polar surface area (TPSA) is 64.9 Å². The fourth-order valence-electron chi connectivity index (χ4n) is 0.716. The zero-order valence-corrected chi connectivity index (χ0v) is 7.84. The third kappa shape index (κ3) is 2.71. The Morgan fingerprint density at radius 1 is 1.58 bits per heavy atom. The van der Waals surface area contributed by atoms with Gasteiger partial charge in [-0.1, -0.05) is 6.92 Å². The van der Waals surface area contributed by atoms with Gasteiger partial charge in [0.1, 0.15) is 0 Å². The predicted octanol–water partition coefficient (Wildman–Crippen LogP) is 1.10. The SMILES string of the molecule is CC(CN)Sc1ccc(N)cn1. The van der Waals surface area contributed by atoms with E-state index in [0.717, 1.165) is 5.03 Å².